The lowest BCUT2D eigenvalue weighted by Gasteiger charge is -2.40. The molecule has 1 aromatic rings. The number of nitrogens with one attached hydrogen (secondary N) is 1. The molecule has 1 aromatic carbocycles. The first kappa shape index (κ1) is 18.3. The second kappa shape index (κ2) is 6.03. The molecule has 0 aliphatic carbocycles. The fourth-order valence-corrected chi connectivity index (χ4v) is 5.13. The van der Waals surface area contributed by atoms with E-state index in [2.05, 4.69) is 5.32 Å². The summed E-state index contributed by atoms with van der Waals surface area (Å²) in [6, 6.07) is 6.56. The van der Waals surface area contributed by atoms with E-state index >= 15 is 0 Å². The molecular formula is C16H19N3O4S2. The van der Waals surface area contributed by atoms with Gasteiger partial charge in [0.2, 0.25) is 0 Å². The maximum absolute atomic E-state index is 13.3. The summed E-state index contributed by atoms with van der Waals surface area (Å²) < 4.78 is 18.8. The smallest absolute Gasteiger partial charge is 0.307 e. The number of ketones is 1. The van der Waals surface area contributed by atoms with Crippen LogP contribution in [0.2, 0.25) is 0 Å². The lowest BCUT2D eigenvalue weighted by Crippen LogP contribution is -2.69. The van der Waals surface area contributed by atoms with E-state index < -0.39 is 38.8 Å². The van der Waals surface area contributed by atoms with Crippen molar-refractivity contribution in [3.05, 3.63) is 29.8 Å². The maximum atomic E-state index is 13.3. The van der Waals surface area contributed by atoms with Crippen molar-refractivity contribution in [2.45, 2.75) is 36.7 Å². The molecule has 9 heteroatoms. The van der Waals surface area contributed by atoms with Crippen molar-refractivity contribution in [1.29, 1.82) is 0 Å². The van der Waals surface area contributed by atoms with E-state index in [1.807, 2.05) is 0 Å². The molecule has 2 saturated heterocycles. The normalized spacial score (nSPS) is 31.2. The minimum atomic E-state index is -2.01. The second-order valence-electron chi connectivity index (χ2n) is 6.39. The van der Waals surface area contributed by atoms with Crippen LogP contribution in [0.15, 0.2) is 24.3 Å². The van der Waals surface area contributed by atoms with E-state index in [9.17, 15) is 14.1 Å². The van der Waals surface area contributed by atoms with Gasteiger partial charge in [-0.15, -0.1) is 0 Å². The molecule has 0 radical (unpaired) electrons. The van der Waals surface area contributed by atoms with Crippen LogP contribution in [0.5, 0.6) is 5.75 Å². The molecule has 3 unspecified atom stereocenters. The van der Waals surface area contributed by atoms with Crippen molar-refractivity contribution >= 4 is 40.1 Å². The molecule has 0 aromatic heterocycles. The number of Topliss-reactive ketones (excluding diaryl/α,β-unsaturated/α-hetero) is 1. The first-order valence-corrected chi connectivity index (χ1v) is 9.40. The van der Waals surface area contributed by atoms with Gasteiger partial charge in [0, 0.05) is 11.2 Å². The average Bonchev–Trinajstić information content (AvgIpc) is 2.82. The number of nitrogens with two attached hydrogens (primary N) is 1. The molecule has 0 saturated carbocycles. The highest BCUT2D eigenvalue weighted by molar-refractivity contribution is 7.94. The predicted octanol–water partition coefficient (Wildman–Crippen LogP) is 0.350. The van der Waals surface area contributed by atoms with E-state index in [-0.39, 0.29) is 10.6 Å². The highest BCUT2D eigenvalue weighted by Crippen LogP contribution is 2.42. The highest BCUT2D eigenvalue weighted by atomic mass is 32.2. The molecule has 7 nitrogen and oxygen atoms in total. The van der Waals surface area contributed by atoms with Gasteiger partial charge in [-0.3, -0.25) is 15.3 Å². The van der Waals surface area contributed by atoms with Crippen molar-refractivity contribution in [1.82, 2.24) is 10.2 Å². The Morgan fingerprint density at radius 1 is 1.40 bits per heavy atom. The first-order valence-electron chi connectivity index (χ1n) is 7.78. The third-order valence-corrected chi connectivity index (χ3v) is 6.81. The van der Waals surface area contributed by atoms with Gasteiger partial charge in [0.05, 0.1) is 17.7 Å². The molecule has 2 fully saturated rings. The van der Waals surface area contributed by atoms with Gasteiger partial charge < -0.3 is 9.29 Å². The number of hydrogen-bond acceptors (Lipinski definition) is 7. The van der Waals surface area contributed by atoms with Crippen LogP contribution >= 0.6 is 12.2 Å². The van der Waals surface area contributed by atoms with E-state index in [1.165, 1.54) is 0 Å². The molecule has 3 N–H and O–H groups in total. The molecule has 3 atom stereocenters. The minimum Gasteiger partial charge on any atom is -0.612 e. The van der Waals surface area contributed by atoms with Gasteiger partial charge in [-0.05, 0) is 32.9 Å². The SMILES string of the molecule is CCOc1ccccc1C1(N)C(=O)C(=O)N2C(=S)C(C)(C)NC2[S+]1[O-]. The second-order valence-corrected chi connectivity index (χ2v) is 8.47. The summed E-state index contributed by atoms with van der Waals surface area (Å²) in [6.45, 7) is 5.64. The molecule has 25 heavy (non-hydrogen) atoms. The predicted molar refractivity (Wildman–Crippen MR) is 97.1 cm³/mol. The minimum absolute atomic E-state index is 0.226. The number of nitrogens with zero attached hydrogens (tertiary/aromatic N) is 1. The molecule has 134 valence electrons. The fourth-order valence-electron chi connectivity index (χ4n) is 3.01. The van der Waals surface area contributed by atoms with Gasteiger partial charge in [0.1, 0.15) is 10.7 Å². The van der Waals surface area contributed by atoms with Crippen molar-refractivity contribution in [3.8, 4) is 5.75 Å². The quantitative estimate of drug-likeness (QED) is 0.442. The van der Waals surface area contributed by atoms with E-state index in [0.717, 1.165) is 4.90 Å². The molecule has 2 aliphatic heterocycles. The molecule has 1 amide bonds. The van der Waals surface area contributed by atoms with E-state index in [0.29, 0.717) is 12.4 Å². The third-order valence-electron chi connectivity index (χ3n) is 4.33. The molecule has 0 spiro atoms. The largest absolute Gasteiger partial charge is 0.612 e. The van der Waals surface area contributed by atoms with Crippen LogP contribution in [0, 0.1) is 0 Å². The van der Waals surface area contributed by atoms with Crippen molar-refractivity contribution < 1.29 is 18.9 Å². The number of rotatable bonds is 3. The molecule has 2 heterocycles. The monoisotopic (exact) mass is 381 g/mol. The number of carbonyl (C=O) groups is 2. The molecule has 3 rings (SSSR count). The van der Waals surface area contributed by atoms with Crippen LogP contribution in [-0.4, -0.2) is 43.8 Å². The standard InChI is InChI=1S/C16H19N3O4S2/c1-4-23-10-8-6-5-7-9(10)16(17)11(20)12(21)19-13(24)15(2,3)18-14(19)25(16)22/h5-8,14,18H,4,17H2,1-3H3. The summed E-state index contributed by atoms with van der Waals surface area (Å²) in [5, 5.41) is 3.05. The lowest BCUT2D eigenvalue weighted by molar-refractivity contribution is -0.144. The van der Waals surface area contributed by atoms with Gasteiger partial charge in [-0.1, -0.05) is 24.4 Å². The van der Waals surface area contributed by atoms with E-state index in [4.69, 9.17) is 22.7 Å². The first-order chi connectivity index (χ1) is 11.7. The molecule has 2 aliphatic rings. The number of benzene rings is 1. The highest BCUT2D eigenvalue weighted by Gasteiger charge is 2.67. The summed E-state index contributed by atoms with van der Waals surface area (Å²) in [4.78, 5) is 24.9. The summed E-state index contributed by atoms with van der Waals surface area (Å²) in [6.07, 6.45) is 0. The van der Waals surface area contributed by atoms with Crippen LogP contribution in [0.3, 0.4) is 0 Å². The number of para-hydroxylation sites is 1. The van der Waals surface area contributed by atoms with Gasteiger partial charge >= 0.3 is 5.91 Å². The zero-order chi connectivity index (χ0) is 18.6. The Balaban J connectivity index is 2.14. The Bertz CT molecular complexity index is 770. The van der Waals surface area contributed by atoms with E-state index in [1.54, 1.807) is 45.0 Å². The summed E-state index contributed by atoms with van der Waals surface area (Å²) in [5.74, 6) is -1.49. The zero-order valence-electron chi connectivity index (χ0n) is 14.1. The van der Waals surface area contributed by atoms with Crippen molar-refractivity contribution in [2.24, 2.45) is 5.73 Å². The van der Waals surface area contributed by atoms with Crippen LogP contribution in [-0.2, 0) is 25.6 Å². The number of carbonyl (C=O) groups excluding carboxylic acids is 2. The Kier molecular flexibility index (Phi) is 4.41. The summed E-state index contributed by atoms with van der Waals surface area (Å²) >= 11 is 3.31. The Morgan fingerprint density at radius 3 is 2.68 bits per heavy atom. The third kappa shape index (κ3) is 2.49. The van der Waals surface area contributed by atoms with Crippen LogP contribution in [0.1, 0.15) is 26.3 Å². The Hall–Kier alpha value is -1.52. The zero-order valence-corrected chi connectivity index (χ0v) is 15.7. The van der Waals surface area contributed by atoms with Gasteiger partial charge in [-0.2, -0.15) is 0 Å². The Labute approximate surface area is 154 Å². The lowest BCUT2D eigenvalue weighted by atomic mass is 10.00. The van der Waals surface area contributed by atoms with Crippen LogP contribution < -0.4 is 15.8 Å². The molecule has 0 bridgehead atoms. The topological polar surface area (TPSA) is 108 Å². The maximum Gasteiger partial charge on any atom is 0.307 e. The summed E-state index contributed by atoms with van der Waals surface area (Å²) in [5.41, 5.74) is 4.83. The number of thiocarbonyl (C=S) groups is 1. The average molecular weight is 381 g/mol. The number of ether oxygens (including phenoxy) is 1. The van der Waals surface area contributed by atoms with Crippen LogP contribution in [0.25, 0.3) is 0 Å². The Morgan fingerprint density at radius 2 is 2.04 bits per heavy atom. The van der Waals surface area contributed by atoms with Crippen LogP contribution in [0.4, 0.5) is 0 Å². The van der Waals surface area contributed by atoms with Gasteiger partial charge in [-0.25, -0.2) is 10.2 Å². The number of fused-ring (bicyclic) bond motifs is 1. The van der Waals surface area contributed by atoms with Gasteiger partial charge in [0.15, 0.2) is 0 Å². The molecular weight excluding hydrogens is 362 g/mol. The number of amides is 1. The fraction of sp³-hybridized carbons (Fsp3) is 0.438. The number of hydrogen-bond donors (Lipinski definition) is 2. The van der Waals surface area contributed by atoms with Crippen molar-refractivity contribution in [3.63, 3.8) is 0 Å². The van der Waals surface area contributed by atoms with Gasteiger partial charge in [0.25, 0.3) is 16.2 Å². The van der Waals surface area contributed by atoms with Crippen molar-refractivity contribution in [2.75, 3.05) is 6.61 Å². The summed E-state index contributed by atoms with van der Waals surface area (Å²) in [7, 11) is 0.